The van der Waals surface area contributed by atoms with Gasteiger partial charge in [0, 0.05) is 24.4 Å². The highest BCUT2D eigenvalue weighted by molar-refractivity contribution is 6.08. The molecule has 11 heteroatoms. The summed E-state index contributed by atoms with van der Waals surface area (Å²) in [5.41, 5.74) is 0.751. The van der Waals surface area contributed by atoms with Crippen LogP contribution in [0.25, 0.3) is 0 Å². The van der Waals surface area contributed by atoms with Crippen molar-refractivity contribution in [3.63, 3.8) is 0 Å². The number of nitrogens with zero attached hydrogens (tertiary/aromatic N) is 3. The van der Waals surface area contributed by atoms with Crippen LogP contribution in [0.1, 0.15) is 71.7 Å². The number of rotatable bonds is 8. The molecule has 10 nitrogen and oxygen atoms in total. The topological polar surface area (TPSA) is 107 Å². The third-order valence-electron chi connectivity index (χ3n) is 8.43. The Balaban J connectivity index is 0.00000520. The number of para-hydroxylation sites is 1. The first kappa shape index (κ1) is 36.9. The van der Waals surface area contributed by atoms with Crippen molar-refractivity contribution in [2.24, 2.45) is 5.92 Å². The number of anilines is 2. The number of esters is 1. The summed E-state index contributed by atoms with van der Waals surface area (Å²) in [6, 6.07) is 24.0. The number of aromatic nitrogens is 1. The number of imide groups is 1. The maximum atomic E-state index is 13.8. The van der Waals surface area contributed by atoms with Gasteiger partial charge in [-0.3, -0.25) is 0 Å². The minimum Gasteiger partial charge on any atom is -1.00 e. The number of hydrogen-bond acceptors (Lipinski definition) is 8. The lowest BCUT2D eigenvalue weighted by atomic mass is 9.83. The second-order valence-electron chi connectivity index (χ2n) is 14.6. The van der Waals surface area contributed by atoms with E-state index in [1.807, 2.05) is 66.7 Å². The maximum absolute atomic E-state index is 13.8. The summed E-state index contributed by atoms with van der Waals surface area (Å²) < 4.78 is 18.1. The number of amides is 2. The van der Waals surface area contributed by atoms with E-state index in [-0.39, 0.29) is 34.9 Å². The molecule has 3 saturated heterocycles. The highest BCUT2D eigenvalue weighted by atomic mass is 79.9. The van der Waals surface area contributed by atoms with Gasteiger partial charge in [-0.15, -0.1) is 0 Å². The van der Waals surface area contributed by atoms with E-state index in [0.717, 1.165) is 47.8 Å². The first-order chi connectivity index (χ1) is 22.2. The molecule has 48 heavy (non-hydrogen) atoms. The van der Waals surface area contributed by atoms with E-state index in [9.17, 15) is 14.4 Å². The van der Waals surface area contributed by atoms with Gasteiger partial charge >= 0.3 is 18.2 Å². The Morgan fingerprint density at radius 1 is 0.833 bits per heavy atom. The van der Waals surface area contributed by atoms with Crippen LogP contribution in [-0.2, 0) is 25.5 Å². The number of pyridine rings is 1. The summed E-state index contributed by atoms with van der Waals surface area (Å²) in [7, 11) is 0. The van der Waals surface area contributed by atoms with Crippen molar-refractivity contribution in [1.82, 2.24) is 4.98 Å². The Labute approximate surface area is 294 Å². The summed E-state index contributed by atoms with van der Waals surface area (Å²) in [5.74, 6) is 0.125. The lowest BCUT2D eigenvalue weighted by Gasteiger charge is -2.52. The van der Waals surface area contributed by atoms with Gasteiger partial charge < -0.3 is 41.0 Å². The van der Waals surface area contributed by atoms with Crippen LogP contribution in [0.3, 0.4) is 0 Å². The fourth-order valence-electron chi connectivity index (χ4n) is 6.32. The zero-order chi connectivity index (χ0) is 33.8. The third kappa shape index (κ3) is 9.56. The molecule has 0 saturated carbocycles. The van der Waals surface area contributed by atoms with Crippen LogP contribution in [0.5, 0.6) is 0 Å². The van der Waals surface area contributed by atoms with Crippen LogP contribution < -0.4 is 27.2 Å². The first-order valence-corrected chi connectivity index (χ1v) is 16.3. The number of carbonyl (C=O) groups excluding carboxylic acids is 3. The highest BCUT2D eigenvalue weighted by Gasteiger charge is 2.48. The van der Waals surface area contributed by atoms with E-state index in [2.05, 4.69) is 5.32 Å². The van der Waals surface area contributed by atoms with Gasteiger partial charge in [0.2, 0.25) is 0 Å². The van der Waals surface area contributed by atoms with Crippen molar-refractivity contribution in [2.45, 2.75) is 84.3 Å². The Bertz CT molecular complexity index is 1520. The number of ether oxygens (including phenoxy) is 3. The van der Waals surface area contributed by atoms with Crippen LogP contribution in [0, 0.1) is 5.92 Å². The van der Waals surface area contributed by atoms with Crippen molar-refractivity contribution in [2.75, 3.05) is 29.9 Å². The van der Waals surface area contributed by atoms with E-state index in [1.165, 1.54) is 0 Å². The van der Waals surface area contributed by atoms with Gasteiger partial charge in [0.25, 0.3) is 0 Å². The molecule has 3 fully saturated rings. The van der Waals surface area contributed by atoms with Crippen LogP contribution in [-0.4, -0.2) is 64.6 Å². The third-order valence-corrected chi connectivity index (χ3v) is 8.43. The number of piperidine rings is 3. The second-order valence-corrected chi connectivity index (χ2v) is 14.6. The zero-order valence-corrected chi connectivity index (χ0v) is 30.2. The molecule has 2 bridgehead atoms. The van der Waals surface area contributed by atoms with Crippen LogP contribution in [0.2, 0.25) is 0 Å². The number of quaternary nitrogens is 1. The predicted octanol–water partition coefficient (Wildman–Crippen LogP) is 4.27. The number of halogens is 1. The normalized spacial score (nSPS) is 20.9. The largest absolute Gasteiger partial charge is 1.00 e. The molecular formula is C37H47BrN4O6. The molecule has 6 rings (SSSR count). The molecule has 2 amide bonds. The minimum absolute atomic E-state index is 0. The molecule has 3 aliphatic rings. The fourth-order valence-corrected chi connectivity index (χ4v) is 6.32. The van der Waals surface area contributed by atoms with Crippen molar-refractivity contribution in [3.8, 4) is 0 Å². The average Bonchev–Trinajstić information content (AvgIpc) is 2.99. The van der Waals surface area contributed by atoms with E-state index < -0.39 is 29.4 Å². The summed E-state index contributed by atoms with van der Waals surface area (Å²) in [5, 5.41) is 3.37. The Hall–Kier alpha value is -3.96. The van der Waals surface area contributed by atoms with Crippen LogP contribution in [0.15, 0.2) is 78.9 Å². The van der Waals surface area contributed by atoms with Gasteiger partial charge in [0.1, 0.15) is 30.1 Å². The van der Waals surface area contributed by atoms with Gasteiger partial charge in [0.05, 0.1) is 18.8 Å². The van der Waals surface area contributed by atoms with Gasteiger partial charge in [0.15, 0.2) is 12.1 Å². The van der Waals surface area contributed by atoms with Crippen molar-refractivity contribution in [3.05, 3.63) is 90.1 Å². The highest BCUT2D eigenvalue weighted by Crippen LogP contribution is 2.38. The molecule has 3 aromatic rings. The molecule has 0 radical (unpaired) electrons. The van der Waals surface area contributed by atoms with Crippen molar-refractivity contribution < 1.29 is 50.1 Å². The average molecular weight is 724 g/mol. The Kier molecular flexibility index (Phi) is 11.6. The lowest BCUT2D eigenvalue weighted by Crippen LogP contribution is -3.00. The van der Waals surface area contributed by atoms with E-state index in [0.29, 0.717) is 23.5 Å². The van der Waals surface area contributed by atoms with E-state index in [4.69, 9.17) is 19.2 Å². The molecule has 0 spiro atoms. The summed E-state index contributed by atoms with van der Waals surface area (Å²) in [6.45, 7) is 13.5. The van der Waals surface area contributed by atoms with Gasteiger partial charge in [-0.1, -0.05) is 54.6 Å². The monoisotopic (exact) mass is 722 g/mol. The smallest absolute Gasteiger partial charge is 0.425 e. The summed E-state index contributed by atoms with van der Waals surface area (Å²) in [4.78, 5) is 45.9. The molecule has 3 aliphatic heterocycles. The number of fused-ring (bicyclic) bond motifs is 3. The standard InChI is InChI=1S/C37H47N4O6.BrH/c1-36(2,3)46-34(43)40(35(44)47-37(4,5)6)31-19-13-18-29(38-31)24-41-22-20-26(21-23-41)30(25-41)45-33(42)32(27-14-9-7-10-15-27)39-28-16-11-8-12-17-28;/h7-19,26,30,32,39H,20-25H2,1-6H3;1H/q+1;/p-1/t26?,30-,32?,41?;/m0./s1. The van der Waals surface area contributed by atoms with E-state index in [1.54, 1.807) is 53.7 Å². The SMILES string of the molecule is CC(C)(C)OC(=O)N(C(=O)OC(C)(C)C)c1cccc(C[N+]23CCC(CC2)[C@@H](OC(=O)C(Nc2ccccc2)c2ccccc2)C3)n1.[Br-]. The van der Waals surface area contributed by atoms with Crippen LogP contribution >= 0.6 is 0 Å². The van der Waals surface area contributed by atoms with Crippen molar-refractivity contribution >= 4 is 29.7 Å². The second kappa shape index (κ2) is 15.1. The summed E-state index contributed by atoms with van der Waals surface area (Å²) >= 11 is 0. The molecule has 0 aliphatic carbocycles. The number of carbonyl (C=O) groups is 3. The van der Waals surface area contributed by atoms with Crippen LogP contribution in [0.4, 0.5) is 21.1 Å². The van der Waals surface area contributed by atoms with Gasteiger partial charge in [-0.05, 0) is 71.4 Å². The zero-order valence-electron chi connectivity index (χ0n) is 28.6. The predicted molar refractivity (Wildman–Crippen MR) is 180 cm³/mol. The number of benzene rings is 2. The van der Waals surface area contributed by atoms with E-state index >= 15 is 0 Å². The molecule has 258 valence electrons. The maximum Gasteiger partial charge on any atom is 0.425 e. The van der Waals surface area contributed by atoms with Gasteiger partial charge in [-0.25, -0.2) is 19.4 Å². The molecule has 4 heterocycles. The Morgan fingerprint density at radius 2 is 1.40 bits per heavy atom. The quantitative estimate of drug-likeness (QED) is 0.209. The minimum atomic E-state index is -0.855. The van der Waals surface area contributed by atoms with Gasteiger partial charge in [-0.2, -0.15) is 4.90 Å². The number of nitrogens with one attached hydrogen (secondary N) is 1. The fraction of sp³-hybridized carbons (Fsp3) is 0.459. The molecule has 2 atom stereocenters. The molecule has 1 unspecified atom stereocenters. The number of hydrogen-bond donors (Lipinski definition) is 1. The summed E-state index contributed by atoms with van der Waals surface area (Å²) in [6.07, 6.45) is -0.0850. The molecular weight excluding hydrogens is 676 g/mol. The molecule has 1 N–H and O–H groups in total. The van der Waals surface area contributed by atoms with Crippen molar-refractivity contribution in [1.29, 1.82) is 0 Å². The Morgan fingerprint density at radius 3 is 1.96 bits per heavy atom. The lowest BCUT2D eigenvalue weighted by molar-refractivity contribution is -0.958. The molecule has 2 aromatic carbocycles. The first-order valence-electron chi connectivity index (χ1n) is 16.3. The molecule has 1 aromatic heterocycles.